The van der Waals surface area contributed by atoms with Gasteiger partial charge in [0.1, 0.15) is 11.6 Å². The van der Waals surface area contributed by atoms with Crippen molar-refractivity contribution in [1.82, 2.24) is 30.1 Å². The second kappa shape index (κ2) is 10.5. The fourth-order valence-corrected chi connectivity index (χ4v) is 5.41. The van der Waals surface area contributed by atoms with Crippen LogP contribution in [0, 0.1) is 6.92 Å². The van der Waals surface area contributed by atoms with Gasteiger partial charge in [0.05, 0.1) is 18.0 Å². The largest absolute Gasteiger partial charge is 0.354 e. The molecule has 0 bridgehead atoms. The summed E-state index contributed by atoms with van der Waals surface area (Å²) in [6.07, 6.45) is 3.59. The molecule has 9 nitrogen and oxygen atoms in total. The van der Waals surface area contributed by atoms with Gasteiger partial charge in [0.2, 0.25) is 11.8 Å². The van der Waals surface area contributed by atoms with Crippen LogP contribution in [0.3, 0.4) is 0 Å². The topological polar surface area (TPSA) is 103 Å². The molecule has 0 radical (unpaired) electrons. The Morgan fingerprint density at radius 1 is 1.17 bits per heavy atom. The summed E-state index contributed by atoms with van der Waals surface area (Å²) in [5.41, 5.74) is 2.14. The third kappa shape index (κ3) is 5.83. The van der Waals surface area contributed by atoms with Gasteiger partial charge in [0.25, 0.3) is 0 Å². The van der Waals surface area contributed by atoms with Crippen molar-refractivity contribution < 1.29 is 9.59 Å². The molecule has 0 unspecified atom stereocenters. The van der Waals surface area contributed by atoms with Crippen LogP contribution in [0.5, 0.6) is 0 Å². The summed E-state index contributed by atoms with van der Waals surface area (Å²) >= 11 is 1.59. The quantitative estimate of drug-likeness (QED) is 0.547. The van der Waals surface area contributed by atoms with Gasteiger partial charge in [0.15, 0.2) is 5.13 Å². The molecule has 0 spiro atoms. The van der Waals surface area contributed by atoms with E-state index < -0.39 is 0 Å². The average molecular weight is 492 g/mol. The van der Waals surface area contributed by atoms with Crippen molar-refractivity contribution in [3.8, 4) is 10.4 Å². The van der Waals surface area contributed by atoms with Crippen LogP contribution in [0.2, 0.25) is 0 Å². The zero-order valence-electron chi connectivity index (χ0n) is 19.7. The number of rotatable bonds is 6. The Morgan fingerprint density at radius 2 is 1.97 bits per heavy atom. The molecule has 35 heavy (non-hydrogen) atoms. The molecule has 3 aromatic rings. The van der Waals surface area contributed by atoms with E-state index in [9.17, 15) is 9.59 Å². The number of amides is 2. The SMILES string of the molecule is Cc1nc(Nc2ncc(-c3ccccc3)s2)cc(C2CCN(C(=O)CN3CCNC(=O)C3)CC2)n1. The standard InChI is InChI=1S/C25H29N7O2S/c1-17-28-20(13-22(29-17)30-25-27-14-21(35-25)19-5-3-2-4-6-19)18-7-10-32(11-8-18)24(34)16-31-12-9-26-23(33)15-31/h2-6,13-14,18H,7-12,15-16H2,1H3,(H,26,33)(H,27,28,29,30). The van der Waals surface area contributed by atoms with Crippen LogP contribution in [0.4, 0.5) is 10.9 Å². The lowest BCUT2D eigenvalue weighted by atomic mass is 9.93. The first-order valence-corrected chi connectivity index (χ1v) is 12.8. The van der Waals surface area contributed by atoms with E-state index in [4.69, 9.17) is 4.98 Å². The van der Waals surface area contributed by atoms with Crippen molar-refractivity contribution in [2.45, 2.75) is 25.7 Å². The number of carbonyl (C=O) groups excluding carboxylic acids is 2. The van der Waals surface area contributed by atoms with E-state index in [1.165, 1.54) is 0 Å². The molecule has 182 valence electrons. The van der Waals surface area contributed by atoms with Crippen LogP contribution < -0.4 is 10.6 Å². The fourth-order valence-electron chi connectivity index (χ4n) is 4.58. The Hall–Kier alpha value is -3.37. The van der Waals surface area contributed by atoms with Crippen molar-refractivity contribution in [2.24, 2.45) is 0 Å². The Balaban J connectivity index is 1.19. The number of hydrogen-bond donors (Lipinski definition) is 2. The molecule has 2 aliphatic rings. The smallest absolute Gasteiger partial charge is 0.236 e. The van der Waals surface area contributed by atoms with E-state index in [0.717, 1.165) is 46.5 Å². The number of hydrogen-bond acceptors (Lipinski definition) is 8. The molecule has 0 atom stereocenters. The summed E-state index contributed by atoms with van der Waals surface area (Å²) in [7, 11) is 0. The maximum atomic E-state index is 12.7. The monoisotopic (exact) mass is 491 g/mol. The molecule has 1 aromatic carbocycles. The highest BCUT2D eigenvalue weighted by atomic mass is 32.1. The Labute approximate surface area is 208 Å². The number of anilines is 2. The Bertz CT molecular complexity index is 1190. The van der Waals surface area contributed by atoms with Gasteiger partial charge in [-0.3, -0.25) is 14.5 Å². The molecular weight excluding hydrogens is 462 g/mol. The lowest BCUT2D eigenvalue weighted by molar-refractivity contribution is -0.134. The van der Waals surface area contributed by atoms with E-state index in [0.29, 0.717) is 38.5 Å². The summed E-state index contributed by atoms with van der Waals surface area (Å²) in [6.45, 7) is 5.22. The number of aryl methyl sites for hydroxylation is 1. The number of likely N-dealkylation sites (tertiary alicyclic amines) is 1. The van der Waals surface area contributed by atoms with Crippen molar-refractivity contribution in [1.29, 1.82) is 0 Å². The molecule has 5 rings (SSSR count). The number of thiazole rings is 1. The fraction of sp³-hybridized carbons (Fsp3) is 0.400. The minimum absolute atomic E-state index is 0.0136. The zero-order valence-corrected chi connectivity index (χ0v) is 20.6. The summed E-state index contributed by atoms with van der Waals surface area (Å²) in [4.78, 5) is 43.0. The van der Waals surface area contributed by atoms with Gasteiger partial charge in [-0.25, -0.2) is 15.0 Å². The van der Waals surface area contributed by atoms with Gasteiger partial charge in [-0.05, 0) is 25.3 Å². The molecule has 0 saturated carbocycles. The summed E-state index contributed by atoms with van der Waals surface area (Å²) < 4.78 is 0. The number of carbonyl (C=O) groups is 2. The summed E-state index contributed by atoms with van der Waals surface area (Å²) in [5, 5.41) is 6.93. The first-order chi connectivity index (χ1) is 17.0. The first kappa shape index (κ1) is 23.4. The van der Waals surface area contributed by atoms with Gasteiger partial charge in [-0.2, -0.15) is 0 Å². The molecule has 0 aliphatic carbocycles. The predicted molar refractivity (Wildman–Crippen MR) is 136 cm³/mol. The summed E-state index contributed by atoms with van der Waals surface area (Å²) in [6, 6.07) is 12.2. The van der Waals surface area contributed by atoms with Gasteiger partial charge < -0.3 is 15.5 Å². The van der Waals surface area contributed by atoms with Crippen molar-refractivity contribution in [3.05, 3.63) is 54.1 Å². The lowest BCUT2D eigenvalue weighted by Crippen LogP contribution is -2.51. The molecule has 2 aromatic heterocycles. The first-order valence-electron chi connectivity index (χ1n) is 11.9. The van der Waals surface area contributed by atoms with E-state index in [-0.39, 0.29) is 17.7 Å². The highest BCUT2D eigenvalue weighted by Crippen LogP contribution is 2.32. The van der Waals surface area contributed by atoms with E-state index in [1.807, 2.05) is 47.2 Å². The van der Waals surface area contributed by atoms with Crippen LogP contribution in [0.25, 0.3) is 10.4 Å². The third-order valence-corrected chi connectivity index (χ3v) is 7.36. The van der Waals surface area contributed by atoms with E-state index in [1.54, 1.807) is 11.3 Å². The van der Waals surface area contributed by atoms with Crippen molar-refractivity contribution in [3.63, 3.8) is 0 Å². The molecule has 2 amide bonds. The number of piperidine rings is 1. The molecular formula is C25H29N7O2S. The van der Waals surface area contributed by atoms with E-state index in [2.05, 4.69) is 32.7 Å². The summed E-state index contributed by atoms with van der Waals surface area (Å²) in [5.74, 6) is 1.81. The molecule has 2 fully saturated rings. The number of piperazine rings is 1. The number of aromatic nitrogens is 3. The number of nitrogens with zero attached hydrogens (tertiary/aromatic N) is 5. The number of nitrogens with one attached hydrogen (secondary N) is 2. The van der Waals surface area contributed by atoms with Crippen LogP contribution in [0.1, 0.15) is 30.3 Å². The predicted octanol–water partition coefficient (Wildman–Crippen LogP) is 2.79. The second-order valence-corrected chi connectivity index (χ2v) is 9.99. The average Bonchev–Trinajstić information content (AvgIpc) is 3.33. The molecule has 2 aliphatic heterocycles. The van der Waals surface area contributed by atoms with Crippen molar-refractivity contribution in [2.75, 3.05) is 44.6 Å². The highest BCUT2D eigenvalue weighted by molar-refractivity contribution is 7.18. The normalized spacial score (nSPS) is 17.3. The van der Waals surface area contributed by atoms with Gasteiger partial charge >= 0.3 is 0 Å². The van der Waals surface area contributed by atoms with E-state index >= 15 is 0 Å². The van der Waals surface area contributed by atoms with Crippen LogP contribution in [-0.4, -0.2) is 75.8 Å². The molecule has 10 heteroatoms. The highest BCUT2D eigenvalue weighted by Gasteiger charge is 2.27. The lowest BCUT2D eigenvalue weighted by Gasteiger charge is -2.34. The zero-order chi connectivity index (χ0) is 24.2. The number of benzene rings is 1. The van der Waals surface area contributed by atoms with Gasteiger partial charge in [0, 0.05) is 50.1 Å². The Kier molecular flexibility index (Phi) is 7.01. The minimum Gasteiger partial charge on any atom is -0.354 e. The molecule has 2 N–H and O–H groups in total. The van der Waals surface area contributed by atoms with Gasteiger partial charge in [-0.15, -0.1) is 0 Å². The molecule has 2 saturated heterocycles. The van der Waals surface area contributed by atoms with Crippen LogP contribution >= 0.6 is 11.3 Å². The van der Waals surface area contributed by atoms with Crippen LogP contribution in [0.15, 0.2) is 42.6 Å². The maximum absolute atomic E-state index is 12.7. The second-order valence-electron chi connectivity index (χ2n) is 8.96. The van der Waals surface area contributed by atoms with Crippen molar-refractivity contribution >= 4 is 34.1 Å². The third-order valence-electron chi connectivity index (χ3n) is 6.40. The maximum Gasteiger partial charge on any atom is 0.236 e. The van der Waals surface area contributed by atoms with Crippen LogP contribution in [-0.2, 0) is 9.59 Å². The molecule has 4 heterocycles. The Morgan fingerprint density at radius 3 is 2.74 bits per heavy atom. The minimum atomic E-state index is -0.0136. The van der Waals surface area contributed by atoms with Gasteiger partial charge in [-0.1, -0.05) is 41.7 Å².